The molecule has 0 N–H and O–H groups in total. The average Bonchev–Trinajstić information content (AvgIpc) is 2.08. The van der Waals surface area contributed by atoms with Crippen molar-refractivity contribution in [1.29, 1.82) is 0 Å². The quantitative estimate of drug-likeness (QED) is 0.495. The molecular weight excluding hydrogens is 236 g/mol. The van der Waals surface area contributed by atoms with Gasteiger partial charge in [-0.05, 0) is 25.7 Å². The van der Waals surface area contributed by atoms with Crippen molar-refractivity contribution in [2.45, 2.75) is 46.1 Å². The molecule has 1 atom stereocenters. The van der Waals surface area contributed by atoms with Crippen molar-refractivity contribution in [3.63, 3.8) is 0 Å². The molecule has 0 radical (unpaired) electrons. The van der Waals surface area contributed by atoms with E-state index in [1.54, 1.807) is 0 Å². The van der Waals surface area contributed by atoms with Crippen LogP contribution in [-0.2, 0) is 13.8 Å². The van der Waals surface area contributed by atoms with Crippen molar-refractivity contribution < 1.29 is 13.2 Å². The van der Waals surface area contributed by atoms with Crippen LogP contribution < -0.4 is 0 Å². The molecule has 0 aliphatic carbocycles. The van der Waals surface area contributed by atoms with Crippen molar-refractivity contribution in [1.82, 2.24) is 0 Å². The van der Waals surface area contributed by atoms with Gasteiger partial charge in [0.25, 0.3) is 0 Å². The van der Waals surface area contributed by atoms with E-state index in [-0.39, 0.29) is 11.9 Å². The van der Waals surface area contributed by atoms with Crippen molar-refractivity contribution >= 4 is 19.7 Å². The number of hydrogen-bond donors (Lipinski definition) is 0. The smallest absolute Gasteiger partial charge is 0.232 e. The fourth-order valence-corrected chi connectivity index (χ4v) is 1.89. The van der Waals surface area contributed by atoms with Crippen LogP contribution in [-0.4, -0.2) is 26.9 Å². The van der Waals surface area contributed by atoms with Crippen LogP contribution in [0.4, 0.5) is 0 Å². The highest BCUT2D eigenvalue weighted by atomic mass is 35.7. The maximum absolute atomic E-state index is 10.6. The Balaban J connectivity index is 3.33. The van der Waals surface area contributed by atoms with Gasteiger partial charge in [-0.15, -0.1) is 0 Å². The molecule has 0 fully saturated rings. The first-order valence-corrected chi connectivity index (χ1v) is 7.84. The first-order valence-electron chi connectivity index (χ1n) is 5.37. The molecule has 0 aromatic rings. The Morgan fingerprint density at radius 3 is 2.20 bits per heavy atom. The molecule has 0 heterocycles. The van der Waals surface area contributed by atoms with Gasteiger partial charge in [-0.3, -0.25) is 0 Å². The van der Waals surface area contributed by atoms with E-state index in [0.29, 0.717) is 18.9 Å². The van der Waals surface area contributed by atoms with Crippen LogP contribution >= 0.6 is 10.7 Å². The highest BCUT2D eigenvalue weighted by Gasteiger charge is 2.07. The maximum Gasteiger partial charge on any atom is 0.232 e. The second-order valence-corrected chi connectivity index (χ2v) is 7.02. The Kier molecular flexibility index (Phi) is 7.57. The summed E-state index contributed by atoms with van der Waals surface area (Å²) in [5, 5.41) is 0. The molecule has 0 bridgehead atoms. The molecule has 0 aromatic carbocycles. The number of unbranched alkanes of at least 4 members (excludes halogenated alkanes) is 2. The number of ether oxygens (including phenoxy) is 1. The summed E-state index contributed by atoms with van der Waals surface area (Å²) in [6.45, 7) is 6.98. The van der Waals surface area contributed by atoms with Gasteiger partial charge in [0.2, 0.25) is 9.05 Å². The number of hydrogen-bond acceptors (Lipinski definition) is 3. The van der Waals surface area contributed by atoms with Crippen LogP contribution in [0.3, 0.4) is 0 Å². The highest BCUT2D eigenvalue weighted by molar-refractivity contribution is 8.13. The third kappa shape index (κ3) is 10.5. The lowest BCUT2D eigenvalue weighted by atomic mass is 10.1. The van der Waals surface area contributed by atoms with Crippen molar-refractivity contribution in [3.05, 3.63) is 0 Å². The second-order valence-electron chi connectivity index (χ2n) is 4.12. The molecule has 0 amide bonds. The fourth-order valence-electron chi connectivity index (χ4n) is 1.01. The van der Waals surface area contributed by atoms with Crippen molar-refractivity contribution in [3.8, 4) is 0 Å². The molecule has 0 spiro atoms. The summed E-state index contributed by atoms with van der Waals surface area (Å²) in [7, 11) is 1.77. The summed E-state index contributed by atoms with van der Waals surface area (Å²) in [5.41, 5.74) is 0. The molecule has 92 valence electrons. The minimum Gasteiger partial charge on any atom is -0.378 e. The minimum atomic E-state index is -3.31. The van der Waals surface area contributed by atoms with Gasteiger partial charge >= 0.3 is 0 Å². The zero-order valence-electron chi connectivity index (χ0n) is 9.70. The Hall–Kier alpha value is 0.200. The third-order valence-corrected chi connectivity index (χ3v) is 3.59. The zero-order chi connectivity index (χ0) is 11.9. The Labute approximate surface area is 97.6 Å². The summed E-state index contributed by atoms with van der Waals surface area (Å²) in [4.78, 5) is 0. The average molecular weight is 257 g/mol. The van der Waals surface area contributed by atoms with Crippen LogP contribution in [0.2, 0.25) is 0 Å². The maximum atomic E-state index is 10.6. The van der Waals surface area contributed by atoms with Gasteiger partial charge in [0.1, 0.15) is 0 Å². The standard InChI is InChI=1S/C10H21ClO3S/c1-9(2)10(3)14-7-5-4-6-8-15(11,12)13/h9-10H,4-8H2,1-3H3. The highest BCUT2D eigenvalue weighted by Crippen LogP contribution is 2.08. The Morgan fingerprint density at radius 2 is 1.73 bits per heavy atom. The molecule has 0 aliphatic rings. The van der Waals surface area contributed by atoms with Crippen LogP contribution in [0.5, 0.6) is 0 Å². The summed E-state index contributed by atoms with van der Waals surface area (Å²) in [6.07, 6.45) is 2.62. The topological polar surface area (TPSA) is 43.4 Å². The molecule has 3 nitrogen and oxygen atoms in total. The van der Waals surface area contributed by atoms with E-state index in [0.717, 1.165) is 12.8 Å². The molecule has 0 rings (SSSR count). The zero-order valence-corrected chi connectivity index (χ0v) is 11.3. The monoisotopic (exact) mass is 256 g/mol. The lowest BCUT2D eigenvalue weighted by Gasteiger charge is -2.16. The van der Waals surface area contributed by atoms with E-state index in [9.17, 15) is 8.42 Å². The molecule has 0 saturated carbocycles. The summed E-state index contributed by atoms with van der Waals surface area (Å²) >= 11 is 0. The van der Waals surface area contributed by atoms with Crippen LogP contribution in [0.15, 0.2) is 0 Å². The fraction of sp³-hybridized carbons (Fsp3) is 1.00. The molecule has 15 heavy (non-hydrogen) atoms. The summed E-state index contributed by atoms with van der Waals surface area (Å²) < 4.78 is 26.7. The SMILES string of the molecule is CC(C)C(C)OCCCCCS(=O)(=O)Cl. The van der Waals surface area contributed by atoms with E-state index in [4.69, 9.17) is 15.4 Å². The number of halogens is 1. The van der Waals surface area contributed by atoms with E-state index in [1.165, 1.54) is 0 Å². The minimum absolute atomic E-state index is 0.0638. The molecule has 0 aliphatic heterocycles. The van der Waals surface area contributed by atoms with E-state index < -0.39 is 9.05 Å². The molecule has 1 unspecified atom stereocenters. The number of rotatable bonds is 8. The van der Waals surface area contributed by atoms with Gasteiger partial charge in [-0.1, -0.05) is 20.3 Å². The Bertz CT molecular complexity index is 249. The molecule has 0 aromatic heterocycles. The van der Waals surface area contributed by atoms with Gasteiger partial charge in [0.05, 0.1) is 11.9 Å². The lowest BCUT2D eigenvalue weighted by Crippen LogP contribution is -2.16. The van der Waals surface area contributed by atoms with Gasteiger partial charge in [-0.25, -0.2) is 8.42 Å². The Morgan fingerprint density at radius 1 is 1.13 bits per heavy atom. The van der Waals surface area contributed by atoms with E-state index in [1.807, 2.05) is 6.92 Å². The van der Waals surface area contributed by atoms with E-state index >= 15 is 0 Å². The van der Waals surface area contributed by atoms with Gasteiger partial charge in [0, 0.05) is 17.3 Å². The first kappa shape index (κ1) is 15.2. The largest absolute Gasteiger partial charge is 0.378 e. The van der Waals surface area contributed by atoms with Crippen molar-refractivity contribution in [2.75, 3.05) is 12.4 Å². The second kappa shape index (κ2) is 7.47. The van der Waals surface area contributed by atoms with E-state index in [2.05, 4.69) is 13.8 Å². The van der Waals surface area contributed by atoms with Crippen LogP contribution in [0.25, 0.3) is 0 Å². The predicted octanol–water partition coefficient (Wildman–Crippen LogP) is 2.79. The van der Waals surface area contributed by atoms with Gasteiger partial charge < -0.3 is 4.74 Å². The van der Waals surface area contributed by atoms with Crippen LogP contribution in [0, 0.1) is 5.92 Å². The normalized spacial score (nSPS) is 14.5. The first-order chi connectivity index (χ1) is 6.83. The van der Waals surface area contributed by atoms with Crippen LogP contribution in [0.1, 0.15) is 40.0 Å². The summed E-state index contributed by atoms with van der Waals surface area (Å²) in [6, 6.07) is 0. The summed E-state index contributed by atoms with van der Waals surface area (Å²) in [5.74, 6) is 0.585. The molecule has 5 heteroatoms. The predicted molar refractivity (Wildman–Crippen MR) is 63.7 cm³/mol. The third-order valence-electron chi connectivity index (χ3n) is 2.35. The van der Waals surface area contributed by atoms with Gasteiger partial charge in [0.15, 0.2) is 0 Å². The molecule has 0 saturated heterocycles. The molecular formula is C10H21ClO3S. The lowest BCUT2D eigenvalue weighted by molar-refractivity contribution is 0.0333. The van der Waals surface area contributed by atoms with Gasteiger partial charge in [-0.2, -0.15) is 0 Å². The van der Waals surface area contributed by atoms with Crippen molar-refractivity contribution in [2.24, 2.45) is 5.92 Å².